The van der Waals surface area contributed by atoms with Crippen LogP contribution in [0.2, 0.25) is 5.02 Å². The Morgan fingerprint density at radius 1 is 1.03 bits per heavy atom. The smallest absolute Gasteiger partial charge is 0.344 e. The normalized spacial score (nSPS) is 18.5. The molecular weight excluding hydrogens is 446 g/mol. The van der Waals surface area contributed by atoms with Gasteiger partial charge in [-0.3, -0.25) is 4.90 Å². The molecule has 1 fully saturated rings. The summed E-state index contributed by atoms with van der Waals surface area (Å²) in [6.45, 7) is 2.53. The minimum Gasteiger partial charge on any atom is -0.478 e. The van der Waals surface area contributed by atoms with E-state index in [1.54, 1.807) is 24.3 Å². The zero-order chi connectivity index (χ0) is 22.5. The van der Waals surface area contributed by atoms with E-state index in [2.05, 4.69) is 4.90 Å². The van der Waals surface area contributed by atoms with Crippen molar-refractivity contribution in [2.45, 2.75) is 25.5 Å². The van der Waals surface area contributed by atoms with Crippen molar-refractivity contribution < 1.29 is 18.3 Å². The first-order valence-electron chi connectivity index (χ1n) is 10.9. The molecule has 0 spiro atoms. The van der Waals surface area contributed by atoms with Gasteiger partial charge in [0.2, 0.25) is 0 Å². The van der Waals surface area contributed by atoms with Crippen LogP contribution >= 0.6 is 11.6 Å². The van der Waals surface area contributed by atoms with E-state index in [0.717, 1.165) is 31.6 Å². The molecule has 2 aromatic heterocycles. The molecule has 33 heavy (non-hydrogen) atoms. The average molecular weight is 466 g/mol. The maximum Gasteiger partial charge on any atom is 0.344 e. The third kappa shape index (κ3) is 3.72. The maximum absolute atomic E-state index is 12.8. The van der Waals surface area contributed by atoms with E-state index in [-0.39, 0.29) is 11.7 Å². The van der Waals surface area contributed by atoms with Gasteiger partial charge in [0, 0.05) is 47.1 Å². The third-order valence-corrected chi connectivity index (χ3v) is 6.46. The van der Waals surface area contributed by atoms with Crippen molar-refractivity contribution in [1.29, 1.82) is 0 Å². The number of benzene rings is 2. The average Bonchev–Trinajstić information content (AvgIpc) is 3.31. The molecule has 8 heteroatoms. The van der Waals surface area contributed by atoms with E-state index in [1.165, 1.54) is 6.07 Å². The molecule has 2 aliphatic heterocycles. The van der Waals surface area contributed by atoms with E-state index < -0.39 is 11.3 Å². The van der Waals surface area contributed by atoms with E-state index in [4.69, 9.17) is 29.9 Å². The third-order valence-electron chi connectivity index (χ3n) is 6.23. The highest BCUT2D eigenvalue weighted by Crippen LogP contribution is 2.36. The fourth-order valence-electron chi connectivity index (χ4n) is 4.68. The number of halogens is 1. The molecule has 0 bridgehead atoms. The Morgan fingerprint density at radius 2 is 1.94 bits per heavy atom. The molecule has 2 aliphatic rings. The lowest BCUT2D eigenvalue weighted by molar-refractivity contribution is 0.0281. The van der Waals surface area contributed by atoms with E-state index in [1.807, 2.05) is 12.1 Å². The van der Waals surface area contributed by atoms with Crippen LogP contribution in [0, 0.1) is 0 Å². The molecule has 1 saturated heterocycles. The van der Waals surface area contributed by atoms with Gasteiger partial charge in [0.25, 0.3) is 0 Å². The number of hydrogen-bond donors (Lipinski definition) is 0. The Hall–Kier alpha value is -3.13. The van der Waals surface area contributed by atoms with E-state index in [9.17, 15) is 9.59 Å². The number of rotatable bonds is 3. The van der Waals surface area contributed by atoms with Crippen LogP contribution < -0.4 is 16.0 Å². The largest absolute Gasteiger partial charge is 0.478 e. The number of hydrogen-bond acceptors (Lipinski definition) is 7. The molecular formula is C25H20ClNO6. The number of nitrogens with zero attached hydrogens (tertiary/aromatic N) is 1. The van der Waals surface area contributed by atoms with Crippen molar-refractivity contribution in [3.8, 4) is 16.9 Å². The highest BCUT2D eigenvalue weighted by atomic mass is 35.5. The lowest BCUT2D eigenvalue weighted by Crippen LogP contribution is -2.37. The van der Waals surface area contributed by atoms with Crippen molar-refractivity contribution in [3.63, 3.8) is 0 Å². The van der Waals surface area contributed by atoms with Crippen molar-refractivity contribution in [1.82, 2.24) is 4.90 Å². The summed E-state index contributed by atoms with van der Waals surface area (Å²) in [4.78, 5) is 27.5. The highest BCUT2D eigenvalue weighted by molar-refractivity contribution is 6.31. The quantitative estimate of drug-likeness (QED) is 0.410. The van der Waals surface area contributed by atoms with Crippen LogP contribution in [0.3, 0.4) is 0 Å². The lowest BCUT2D eigenvalue weighted by Gasteiger charge is -2.30. The minimum absolute atomic E-state index is 0.182. The van der Waals surface area contributed by atoms with Crippen LogP contribution in [0.15, 0.2) is 60.9 Å². The Morgan fingerprint density at radius 3 is 2.79 bits per heavy atom. The van der Waals surface area contributed by atoms with Crippen molar-refractivity contribution in [3.05, 3.63) is 73.9 Å². The molecule has 0 aliphatic carbocycles. The molecule has 0 amide bonds. The van der Waals surface area contributed by atoms with Gasteiger partial charge in [-0.05, 0) is 49.2 Å². The Kier molecular flexibility index (Phi) is 4.98. The fourth-order valence-corrected chi connectivity index (χ4v) is 4.86. The Labute approximate surface area is 193 Å². The summed E-state index contributed by atoms with van der Waals surface area (Å²) in [5, 5.41) is 1.84. The summed E-state index contributed by atoms with van der Waals surface area (Å²) in [6.07, 6.45) is 2.28. The second-order valence-electron chi connectivity index (χ2n) is 8.45. The van der Waals surface area contributed by atoms with Crippen LogP contribution in [0.5, 0.6) is 5.75 Å². The molecule has 1 atom stereocenters. The summed E-state index contributed by atoms with van der Waals surface area (Å²) in [7, 11) is 0. The van der Waals surface area contributed by atoms with Crippen molar-refractivity contribution in [2.75, 3.05) is 19.9 Å². The zero-order valence-corrected chi connectivity index (χ0v) is 18.4. The van der Waals surface area contributed by atoms with Gasteiger partial charge in [-0.25, -0.2) is 9.59 Å². The predicted octanol–water partition coefficient (Wildman–Crippen LogP) is 4.55. The van der Waals surface area contributed by atoms with Gasteiger partial charge in [-0.15, -0.1) is 0 Å². The zero-order valence-electron chi connectivity index (χ0n) is 17.6. The van der Waals surface area contributed by atoms with Crippen LogP contribution in [-0.2, 0) is 11.3 Å². The second-order valence-corrected chi connectivity index (χ2v) is 8.88. The highest BCUT2D eigenvalue weighted by Gasteiger charge is 2.26. The molecule has 0 radical (unpaired) electrons. The number of ether oxygens (including phenoxy) is 2. The molecule has 4 aromatic rings. The van der Waals surface area contributed by atoms with Crippen molar-refractivity contribution >= 4 is 33.5 Å². The van der Waals surface area contributed by atoms with Gasteiger partial charge in [0.05, 0.1) is 17.2 Å². The van der Waals surface area contributed by atoms with Gasteiger partial charge in [0.1, 0.15) is 23.6 Å². The van der Waals surface area contributed by atoms with Gasteiger partial charge in [-0.2, -0.15) is 0 Å². The molecule has 0 N–H and O–H groups in total. The summed E-state index contributed by atoms with van der Waals surface area (Å²) in [6, 6.07) is 11.7. The van der Waals surface area contributed by atoms with Gasteiger partial charge >= 0.3 is 11.3 Å². The molecule has 0 saturated carbocycles. The molecule has 2 aromatic carbocycles. The molecule has 4 heterocycles. The van der Waals surface area contributed by atoms with Crippen molar-refractivity contribution in [2.24, 2.45) is 0 Å². The second kappa shape index (κ2) is 8.02. The first kappa shape index (κ1) is 20.5. The van der Waals surface area contributed by atoms with Gasteiger partial charge in [-0.1, -0.05) is 11.6 Å². The van der Waals surface area contributed by atoms with Crippen LogP contribution in [0.25, 0.3) is 33.1 Å². The first-order chi connectivity index (χ1) is 16.0. The Balaban J connectivity index is 1.48. The summed E-state index contributed by atoms with van der Waals surface area (Å²) >= 11 is 6.12. The molecule has 168 valence electrons. The van der Waals surface area contributed by atoms with Crippen LogP contribution in [0.4, 0.5) is 0 Å². The monoisotopic (exact) mass is 465 g/mol. The topological polar surface area (TPSA) is 82.1 Å². The maximum atomic E-state index is 12.8. The summed E-state index contributed by atoms with van der Waals surface area (Å²) < 4.78 is 22.8. The lowest BCUT2D eigenvalue weighted by atomic mass is 9.99. The number of fused-ring (bicyclic) bond motifs is 4. The predicted molar refractivity (Wildman–Crippen MR) is 124 cm³/mol. The summed E-state index contributed by atoms with van der Waals surface area (Å²) in [5.74, 6) is 0.670. The molecule has 6 rings (SSSR count). The van der Waals surface area contributed by atoms with E-state index in [0.29, 0.717) is 51.5 Å². The standard InChI is InChI=1S/C25H20ClNO6/c26-15-3-5-21-14(8-15)9-19(25(29)32-21)18-10-23(28)33-24-17(18)4-6-22-20(24)12-27(13-31-22)11-16-2-1-7-30-16/h3-6,8-10,16H,1-2,7,11-13H2. The summed E-state index contributed by atoms with van der Waals surface area (Å²) in [5.41, 5.74) is 1.27. The molecule has 7 nitrogen and oxygen atoms in total. The SMILES string of the molecule is O=c1cc(-c2cc3cc(Cl)ccc3oc2=O)c2ccc3c(c2o1)CN(CC1CCCO1)CO3. The minimum atomic E-state index is -0.548. The Bertz CT molecular complexity index is 1500. The van der Waals surface area contributed by atoms with Crippen LogP contribution in [0.1, 0.15) is 18.4 Å². The van der Waals surface area contributed by atoms with Gasteiger partial charge < -0.3 is 18.3 Å². The van der Waals surface area contributed by atoms with Gasteiger partial charge in [0.15, 0.2) is 0 Å². The van der Waals surface area contributed by atoms with E-state index >= 15 is 0 Å². The van der Waals surface area contributed by atoms with Crippen LogP contribution in [-0.4, -0.2) is 30.9 Å². The first-order valence-corrected chi connectivity index (χ1v) is 11.2. The fraction of sp³-hybridized carbons (Fsp3) is 0.280. The molecule has 1 unspecified atom stereocenters.